The number of rotatable bonds is 6. The van der Waals surface area contributed by atoms with Crippen LogP contribution in [0.25, 0.3) is 4.85 Å². The van der Waals surface area contributed by atoms with Gasteiger partial charge in [-0.2, -0.15) is 0 Å². The molecule has 0 saturated heterocycles. The zero-order chi connectivity index (χ0) is 19.2. The lowest BCUT2D eigenvalue weighted by Gasteiger charge is -2.07. The Morgan fingerprint density at radius 1 is 1.15 bits per heavy atom. The van der Waals surface area contributed by atoms with Gasteiger partial charge in [0.2, 0.25) is 0 Å². The maximum atomic E-state index is 12.2. The number of hydrogen-bond donors (Lipinski definition) is 2. The van der Waals surface area contributed by atoms with Crippen molar-refractivity contribution in [2.45, 2.75) is 17.3 Å². The molecule has 0 atom stereocenters. The molecule has 2 N–H and O–H groups in total. The average molecular weight is 377 g/mol. The first-order valence-electron chi connectivity index (χ1n) is 8.06. The molecule has 0 spiro atoms. The van der Waals surface area contributed by atoms with Gasteiger partial charge in [-0.25, -0.2) is 14.6 Å². The van der Waals surface area contributed by atoms with E-state index in [0.717, 1.165) is 11.1 Å². The van der Waals surface area contributed by atoms with Crippen LogP contribution in [-0.2, 0) is 12.2 Å². The van der Waals surface area contributed by atoms with Crippen molar-refractivity contribution in [3.63, 3.8) is 0 Å². The van der Waals surface area contributed by atoms with Crippen molar-refractivity contribution in [3.05, 3.63) is 98.8 Å². The largest absolute Gasteiger partial charge is 0.478 e. The lowest BCUT2D eigenvalue weighted by molar-refractivity contribution is 0.0697. The zero-order valence-electron chi connectivity index (χ0n) is 14.2. The number of hydrogen-bond acceptors (Lipinski definition) is 4. The first kappa shape index (κ1) is 18.4. The highest BCUT2D eigenvalue weighted by Crippen LogP contribution is 2.23. The van der Waals surface area contributed by atoms with E-state index in [1.54, 1.807) is 12.1 Å². The first-order chi connectivity index (χ1) is 13.1. The van der Waals surface area contributed by atoms with E-state index in [9.17, 15) is 9.59 Å². The van der Waals surface area contributed by atoms with Crippen LogP contribution in [0.15, 0.2) is 64.5 Å². The molecule has 0 aliphatic carbocycles. The molecule has 0 amide bonds. The minimum atomic E-state index is -0.986. The molecule has 0 radical (unpaired) electrons. The molecule has 7 heteroatoms. The normalized spacial score (nSPS) is 10.3. The summed E-state index contributed by atoms with van der Waals surface area (Å²) in [6, 6.07) is 16.1. The minimum Gasteiger partial charge on any atom is -0.478 e. The van der Waals surface area contributed by atoms with Crippen molar-refractivity contribution in [1.82, 2.24) is 9.97 Å². The third kappa shape index (κ3) is 4.63. The summed E-state index contributed by atoms with van der Waals surface area (Å²) in [6.07, 6.45) is 0.393. The summed E-state index contributed by atoms with van der Waals surface area (Å²) in [4.78, 5) is 33.7. The summed E-state index contributed by atoms with van der Waals surface area (Å²) in [6.45, 7) is 7.26. The van der Waals surface area contributed by atoms with Crippen LogP contribution in [0.3, 0.4) is 0 Å². The van der Waals surface area contributed by atoms with Gasteiger partial charge in [0.25, 0.3) is 11.2 Å². The average Bonchev–Trinajstić information content (AvgIpc) is 2.67. The standard InChI is InChI=1S/C20H15N3O3S/c1-21-17-16(11-13-6-3-2-4-7-13)22-20(23-18(17)24)27-12-14-8-5-9-15(10-14)19(25)26/h2-10H,11-12H2,(H,25,26)(H,22,23,24). The number of carboxylic acids is 1. The molecular formula is C20H15N3O3S. The fraction of sp³-hybridized carbons (Fsp3) is 0.100. The fourth-order valence-corrected chi connectivity index (χ4v) is 3.36. The van der Waals surface area contributed by atoms with Crippen molar-refractivity contribution < 1.29 is 9.90 Å². The number of thioether (sulfide) groups is 1. The van der Waals surface area contributed by atoms with Gasteiger partial charge in [-0.3, -0.25) is 4.79 Å². The van der Waals surface area contributed by atoms with E-state index in [2.05, 4.69) is 14.8 Å². The zero-order valence-corrected chi connectivity index (χ0v) is 15.0. The molecule has 134 valence electrons. The van der Waals surface area contributed by atoms with Gasteiger partial charge in [-0.1, -0.05) is 54.2 Å². The summed E-state index contributed by atoms with van der Waals surface area (Å²) in [7, 11) is 0. The second kappa shape index (κ2) is 8.34. The van der Waals surface area contributed by atoms with Crippen molar-refractivity contribution in [1.29, 1.82) is 0 Å². The van der Waals surface area contributed by atoms with Gasteiger partial charge in [0.15, 0.2) is 5.16 Å². The molecule has 2 aromatic carbocycles. The molecule has 0 fully saturated rings. The predicted octanol–water partition coefficient (Wildman–Crippen LogP) is 3.90. The van der Waals surface area contributed by atoms with Gasteiger partial charge in [-0.15, -0.1) is 0 Å². The van der Waals surface area contributed by atoms with Crippen molar-refractivity contribution in [2.24, 2.45) is 0 Å². The quantitative estimate of drug-likeness (QED) is 0.386. The van der Waals surface area contributed by atoms with Crippen LogP contribution in [-0.4, -0.2) is 21.0 Å². The molecule has 1 heterocycles. The van der Waals surface area contributed by atoms with E-state index < -0.39 is 11.5 Å². The number of carbonyl (C=O) groups is 1. The number of aromatic carboxylic acids is 1. The van der Waals surface area contributed by atoms with Crippen LogP contribution in [0, 0.1) is 6.57 Å². The Labute approximate surface area is 159 Å². The molecule has 1 aromatic heterocycles. The van der Waals surface area contributed by atoms with E-state index in [4.69, 9.17) is 11.7 Å². The summed E-state index contributed by atoms with van der Waals surface area (Å²) in [5.41, 5.74) is 1.94. The van der Waals surface area contributed by atoms with Crippen molar-refractivity contribution in [2.75, 3.05) is 0 Å². The summed E-state index contributed by atoms with van der Waals surface area (Å²) >= 11 is 1.29. The number of carboxylic acid groups (broad SMARTS) is 1. The van der Waals surface area contributed by atoms with Crippen LogP contribution in [0.4, 0.5) is 5.69 Å². The van der Waals surface area contributed by atoms with Crippen LogP contribution >= 0.6 is 11.8 Å². The third-order valence-corrected chi connectivity index (χ3v) is 4.77. The SMILES string of the molecule is [C-]#[N+]c1c(Cc2ccccc2)nc(SCc2cccc(C(=O)O)c2)[nH]c1=O. The summed E-state index contributed by atoms with van der Waals surface area (Å²) in [5.74, 6) is -0.536. The van der Waals surface area contributed by atoms with Crippen LogP contribution in [0.5, 0.6) is 0 Å². The van der Waals surface area contributed by atoms with Gasteiger partial charge in [-0.05, 0) is 23.3 Å². The number of benzene rings is 2. The number of nitrogens with one attached hydrogen (secondary N) is 1. The molecule has 0 aliphatic heterocycles. The molecular weight excluding hydrogens is 362 g/mol. The van der Waals surface area contributed by atoms with Gasteiger partial charge >= 0.3 is 5.97 Å². The summed E-state index contributed by atoms with van der Waals surface area (Å²) < 4.78 is 0. The Balaban J connectivity index is 1.84. The maximum absolute atomic E-state index is 12.2. The van der Waals surface area contributed by atoms with E-state index in [-0.39, 0.29) is 11.3 Å². The highest BCUT2D eigenvalue weighted by atomic mass is 32.2. The second-order valence-electron chi connectivity index (χ2n) is 5.73. The lowest BCUT2D eigenvalue weighted by atomic mass is 10.1. The molecule has 0 saturated carbocycles. The van der Waals surface area contributed by atoms with Crippen LogP contribution in [0.2, 0.25) is 0 Å². The molecule has 27 heavy (non-hydrogen) atoms. The predicted molar refractivity (Wildman–Crippen MR) is 103 cm³/mol. The number of aromatic nitrogens is 2. The number of aromatic amines is 1. The molecule has 3 rings (SSSR count). The fourth-order valence-electron chi connectivity index (χ4n) is 2.53. The molecule has 6 nitrogen and oxygen atoms in total. The Hall–Kier alpha value is -3.37. The van der Waals surface area contributed by atoms with E-state index in [0.29, 0.717) is 23.0 Å². The Kier molecular flexibility index (Phi) is 5.69. The molecule has 0 bridgehead atoms. The minimum absolute atomic E-state index is 0.00363. The highest BCUT2D eigenvalue weighted by molar-refractivity contribution is 7.98. The Morgan fingerprint density at radius 3 is 2.59 bits per heavy atom. The van der Waals surface area contributed by atoms with E-state index >= 15 is 0 Å². The lowest BCUT2D eigenvalue weighted by Crippen LogP contribution is -2.11. The van der Waals surface area contributed by atoms with Crippen molar-refractivity contribution >= 4 is 23.4 Å². The van der Waals surface area contributed by atoms with Crippen molar-refractivity contribution in [3.8, 4) is 0 Å². The summed E-state index contributed by atoms with van der Waals surface area (Å²) in [5, 5.41) is 9.47. The number of nitrogens with zero attached hydrogens (tertiary/aromatic N) is 2. The van der Waals surface area contributed by atoms with Gasteiger partial charge in [0.05, 0.1) is 17.8 Å². The maximum Gasteiger partial charge on any atom is 0.335 e. The third-order valence-electron chi connectivity index (χ3n) is 3.82. The van der Waals surface area contributed by atoms with Crippen LogP contribution < -0.4 is 5.56 Å². The smallest absolute Gasteiger partial charge is 0.335 e. The van der Waals surface area contributed by atoms with E-state index in [1.807, 2.05) is 36.4 Å². The van der Waals surface area contributed by atoms with Gasteiger partial charge < -0.3 is 10.1 Å². The Morgan fingerprint density at radius 2 is 1.89 bits per heavy atom. The van der Waals surface area contributed by atoms with Gasteiger partial charge in [0, 0.05) is 12.2 Å². The topological polar surface area (TPSA) is 87.4 Å². The van der Waals surface area contributed by atoms with E-state index in [1.165, 1.54) is 17.8 Å². The molecule has 0 aliphatic rings. The number of H-pyrrole nitrogens is 1. The second-order valence-corrected chi connectivity index (χ2v) is 6.70. The highest BCUT2D eigenvalue weighted by Gasteiger charge is 2.13. The Bertz CT molecular complexity index is 1070. The van der Waals surface area contributed by atoms with Crippen LogP contribution in [0.1, 0.15) is 27.2 Å². The first-order valence-corrected chi connectivity index (χ1v) is 9.05. The van der Waals surface area contributed by atoms with Gasteiger partial charge in [0.1, 0.15) is 0 Å². The molecule has 3 aromatic rings. The monoisotopic (exact) mass is 377 g/mol. The molecule has 0 unspecified atom stereocenters.